The second-order valence-corrected chi connectivity index (χ2v) is 7.55. The first kappa shape index (κ1) is 17.9. The van der Waals surface area contributed by atoms with Gasteiger partial charge in [0.15, 0.2) is 5.65 Å². The third kappa shape index (κ3) is 3.67. The first-order valence-electron chi connectivity index (χ1n) is 9.77. The molecule has 0 radical (unpaired) electrons. The highest BCUT2D eigenvalue weighted by Crippen LogP contribution is 2.30. The second-order valence-electron chi connectivity index (χ2n) is 7.55. The molecule has 0 spiro atoms. The predicted molar refractivity (Wildman–Crippen MR) is 109 cm³/mol. The Bertz CT molecular complexity index is 904. The van der Waals surface area contributed by atoms with Crippen LogP contribution < -0.4 is 4.90 Å². The minimum atomic E-state index is 0.587. The molecule has 4 rings (SSSR count). The average Bonchev–Trinajstić information content (AvgIpc) is 2.86. The highest BCUT2D eigenvalue weighted by atomic mass is 15.3. The fraction of sp³-hybridized carbons (Fsp3) is 0.476. The Hall–Kier alpha value is -2.47. The molecule has 0 N–H and O–H groups in total. The molecule has 1 unspecified atom stereocenters. The van der Waals surface area contributed by atoms with Crippen molar-refractivity contribution < 1.29 is 0 Å². The van der Waals surface area contributed by atoms with Crippen LogP contribution in [0.5, 0.6) is 0 Å². The summed E-state index contributed by atoms with van der Waals surface area (Å²) in [4.78, 5) is 14.0. The van der Waals surface area contributed by atoms with Gasteiger partial charge in [-0.3, -0.25) is 14.6 Å². The van der Waals surface area contributed by atoms with Gasteiger partial charge in [-0.1, -0.05) is 6.07 Å². The summed E-state index contributed by atoms with van der Waals surface area (Å²) >= 11 is 0. The molecule has 0 aliphatic carbocycles. The van der Waals surface area contributed by atoms with Gasteiger partial charge >= 0.3 is 0 Å². The maximum Gasteiger partial charge on any atom is 0.159 e. The van der Waals surface area contributed by atoms with Crippen LogP contribution in [0, 0.1) is 6.92 Å². The maximum absolute atomic E-state index is 4.57. The molecule has 1 fully saturated rings. The van der Waals surface area contributed by atoms with Gasteiger partial charge < -0.3 is 4.90 Å². The van der Waals surface area contributed by atoms with Crippen molar-refractivity contribution in [1.82, 2.24) is 24.6 Å². The molecule has 0 bridgehead atoms. The number of aryl methyl sites for hydroxylation is 2. The monoisotopic (exact) mass is 364 g/mol. The Balaban J connectivity index is 1.49. The van der Waals surface area contributed by atoms with Gasteiger partial charge in [0.05, 0.1) is 22.5 Å². The van der Waals surface area contributed by atoms with E-state index in [2.05, 4.69) is 57.0 Å². The van der Waals surface area contributed by atoms with Gasteiger partial charge in [-0.25, -0.2) is 4.98 Å². The van der Waals surface area contributed by atoms with Gasteiger partial charge in [0.1, 0.15) is 0 Å². The van der Waals surface area contributed by atoms with Crippen molar-refractivity contribution in [2.24, 2.45) is 7.05 Å². The average molecular weight is 364 g/mol. The van der Waals surface area contributed by atoms with Crippen LogP contribution >= 0.6 is 0 Å². The van der Waals surface area contributed by atoms with Crippen LogP contribution in [-0.2, 0) is 13.6 Å². The van der Waals surface area contributed by atoms with E-state index in [1.165, 1.54) is 23.9 Å². The molecule has 1 aliphatic heterocycles. The van der Waals surface area contributed by atoms with Crippen molar-refractivity contribution in [3.63, 3.8) is 0 Å². The molecule has 27 heavy (non-hydrogen) atoms. The van der Waals surface area contributed by atoms with E-state index in [0.29, 0.717) is 6.04 Å². The standard InChI is InChI=1S/C21H28N6/c1-16-20-19(9-12-23-21(20)26(3)24-16)27-13-6-8-18(10-14-27)25(2)15-17-7-4-5-11-22-17/h4-5,7,9,11-12,18H,6,8,10,13-15H2,1-3H3. The van der Waals surface area contributed by atoms with E-state index >= 15 is 0 Å². The molecule has 6 nitrogen and oxygen atoms in total. The van der Waals surface area contributed by atoms with E-state index in [1.54, 1.807) is 0 Å². The van der Waals surface area contributed by atoms with Crippen LogP contribution in [0.15, 0.2) is 36.7 Å². The zero-order chi connectivity index (χ0) is 18.8. The fourth-order valence-corrected chi connectivity index (χ4v) is 4.26. The first-order chi connectivity index (χ1) is 13.1. The fourth-order valence-electron chi connectivity index (χ4n) is 4.26. The predicted octanol–water partition coefficient (Wildman–Crippen LogP) is 3.16. The van der Waals surface area contributed by atoms with E-state index in [0.717, 1.165) is 43.1 Å². The molecule has 0 saturated carbocycles. The summed E-state index contributed by atoms with van der Waals surface area (Å²) in [5.74, 6) is 0. The second kappa shape index (κ2) is 7.64. The Labute approximate surface area is 160 Å². The van der Waals surface area contributed by atoms with Crippen molar-refractivity contribution in [2.75, 3.05) is 25.0 Å². The van der Waals surface area contributed by atoms with Crippen molar-refractivity contribution in [2.45, 2.75) is 38.8 Å². The van der Waals surface area contributed by atoms with Crippen LogP contribution in [0.2, 0.25) is 0 Å². The summed E-state index contributed by atoms with van der Waals surface area (Å²) in [7, 11) is 4.20. The van der Waals surface area contributed by atoms with Crippen molar-refractivity contribution >= 4 is 16.7 Å². The normalized spacial score (nSPS) is 18.2. The van der Waals surface area contributed by atoms with E-state index in [4.69, 9.17) is 0 Å². The number of fused-ring (bicyclic) bond motifs is 1. The molecule has 3 aromatic rings. The van der Waals surface area contributed by atoms with Crippen molar-refractivity contribution in [3.05, 3.63) is 48.0 Å². The lowest BCUT2D eigenvalue weighted by molar-refractivity contribution is 0.215. The number of nitrogens with zero attached hydrogens (tertiary/aromatic N) is 6. The molecule has 0 aromatic carbocycles. The number of hydrogen-bond acceptors (Lipinski definition) is 5. The molecule has 1 saturated heterocycles. The zero-order valence-electron chi connectivity index (χ0n) is 16.5. The molecular weight excluding hydrogens is 336 g/mol. The Morgan fingerprint density at radius 1 is 1.11 bits per heavy atom. The van der Waals surface area contributed by atoms with Gasteiger partial charge in [0, 0.05) is 45.1 Å². The quantitative estimate of drug-likeness (QED) is 0.712. The van der Waals surface area contributed by atoms with Crippen LogP contribution in [0.25, 0.3) is 11.0 Å². The Kier molecular flexibility index (Phi) is 5.07. The Morgan fingerprint density at radius 2 is 2.00 bits per heavy atom. The third-order valence-electron chi connectivity index (χ3n) is 5.68. The summed E-state index contributed by atoms with van der Waals surface area (Å²) < 4.78 is 1.88. The minimum absolute atomic E-state index is 0.587. The molecular formula is C21H28N6. The van der Waals surface area contributed by atoms with Gasteiger partial charge in [0.2, 0.25) is 0 Å². The van der Waals surface area contributed by atoms with Crippen LogP contribution in [-0.4, -0.2) is 50.8 Å². The first-order valence-corrected chi connectivity index (χ1v) is 9.77. The highest BCUT2D eigenvalue weighted by molar-refractivity contribution is 5.91. The molecule has 1 aliphatic rings. The van der Waals surface area contributed by atoms with E-state index in [-0.39, 0.29) is 0 Å². The summed E-state index contributed by atoms with van der Waals surface area (Å²) in [6.07, 6.45) is 7.37. The maximum atomic E-state index is 4.57. The van der Waals surface area contributed by atoms with Crippen LogP contribution in [0.3, 0.4) is 0 Å². The van der Waals surface area contributed by atoms with E-state index < -0.39 is 0 Å². The van der Waals surface area contributed by atoms with E-state index in [9.17, 15) is 0 Å². The largest absolute Gasteiger partial charge is 0.371 e. The Morgan fingerprint density at radius 3 is 2.81 bits per heavy atom. The van der Waals surface area contributed by atoms with Crippen molar-refractivity contribution in [1.29, 1.82) is 0 Å². The molecule has 3 aromatic heterocycles. The van der Waals surface area contributed by atoms with Crippen molar-refractivity contribution in [3.8, 4) is 0 Å². The van der Waals surface area contributed by atoms with Gasteiger partial charge in [-0.05, 0) is 51.4 Å². The van der Waals surface area contributed by atoms with Gasteiger partial charge in [-0.15, -0.1) is 0 Å². The number of rotatable bonds is 4. The summed E-state index contributed by atoms with van der Waals surface area (Å²) in [5, 5.41) is 5.77. The van der Waals surface area contributed by atoms with Gasteiger partial charge in [-0.2, -0.15) is 5.10 Å². The van der Waals surface area contributed by atoms with Crippen LogP contribution in [0.4, 0.5) is 5.69 Å². The molecule has 6 heteroatoms. The SMILES string of the molecule is Cc1nn(C)c2nccc(N3CCCC(N(C)Cc4ccccn4)CC3)c12. The van der Waals surface area contributed by atoms with Crippen LogP contribution in [0.1, 0.15) is 30.7 Å². The molecule has 0 amide bonds. The summed E-state index contributed by atoms with van der Waals surface area (Å²) in [6, 6.07) is 8.89. The number of anilines is 1. The minimum Gasteiger partial charge on any atom is -0.371 e. The number of aromatic nitrogens is 4. The lowest BCUT2D eigenvalue weighted by atomic mass is 10.1. The zero-order valence-corrected chi connectivity index (χ0v) is 16.5. The van der Waals surface area contributed by atoms with E-state index in [1.807, 2.05) is 30.2 Å². The summed E-state index contributed by atoms with van der Waals surface area (Å²) in [5.41, 5.74) is 4.45. The summed E-state index contributed by atoms with van der Waals surface area (Å²) in [6.45, 7) is 5.13. The molecule has 142 valence electrons. The van der Waals surface area contributed by atoms with Gasteiger partial charge in [0.25, 0.3) is 0 Å². The topological polar surface area (TPSA) is 50.1 Å². The molecule has 1 atom stereocenters. The lowest BCUT2D eigenvalue weighted by Crippen LogP contribution is -2.33. The third-order valence-corrected chi connectivity index (χ3v) is 5.68. The number of pyridine rings is 2. The highest BCUT2D eigenvalue weighted by Gasteiger charge is 2.23. The number of hydrogen-bond donors (Lipinski definition) is 0. The smallest absolute Gasteiger partial charge is 0.159 e. The molecule has 4 heterocycles. The lowest BCUT2D eigenvalue weighted by Gasteiger charge is -2.27.